The first kappa shape index (κ1) is 22.8. The molecule has 0 aromatic heterocycles. The lowest BCUT2D eigenvalue weighted by Gasteiger charge is -2.45. The standard InChI is InChI=1S/C20H32Cl2N2O2S/c1-5-6-7-8-10-24-11-9-20(3,15(2)14-24)16-12-19(23-27(4,25)26)18(22)13-17(16)21/h12-13,15,23H,5-11,14H2,1-4H3. The maximum atomic E-state index is 11.7. The largest absolute Gasteiger partial charge is 0.303 e. The third-order valence-electron chi connectivity index (χ3n) is 5.86. The molecule has 1 heterocycles. The molecular formula is C20H32Cl2N2O2S. The SMILES string of the molecule is CCCCCCN1CCC(C)(c2cc(NS(C)(=O)=O)c(Cl)cc2Cl)C(C)C1. The molecule has 27 heavy (non-hydrogen) atoms. The Balaban J connectivity index is 2.18. The molecule has 1 aromatic rings. The monoisotopic (exact) mass is 434 g/mol. The fourth-order valence-electron chi connectivity index (χ4n) is 3.95. The van der Waals surface area contributed by atoms with Gasteiger partial charge in [0.15, 0.2) is 0 Å². The lowest BCUT2D eigenvalue weighted by atomic mass is 9.68. The van der Waals surface area contributed by atoms with Crippen molar-refractivity contribution in [3.63, 3.8) is 0 Å². The zero-order valence-electron chi connectivity index (χ0n) is 16.8. The lowest BCUT2D eigenvalue weighted by molar-refractivity contribution is 0.109. The van der Waals surface area contributed by atoms with Gasteiger partial charge in [0, 0.05) is 11.6 Å². The fraction of sp³-hybridized carbons (Fsp3) is 0.700. The Morgan fingerprint density at radius 1 is 1.22 bits per heavy atom. The summed E-state index contributed by atoms with van der Waals surface area (Å²) in [5, 5.41) is 0.920. The minimum absolute atomic E-state index is 0.116. The first-order valence-corrected chi connectivity index (χ1v) is 12.4. The second-order valence-corrected chi connectivity index (χ2v) is 10.7. The predicted octanol–water partition coefficient (Wildman–Crippen LogP) is 5.54. The van der Waals surface area contributed by atoms with Crippen molar-refractivity contribution in [2.75, 3.05) is 30.6 Å². The molecule has 1 aliphatic rings. The van der Waals surface area contributed by atoms with E-state index in [2.05, 4.69) is 30.4 Å². The molecule has 0 aliphatic carbocycles. The van der Waals surface area contributed by atoms with Crippen LogP contribution in [0.15, 0.2) is 12.1 Å². The van der Waals surface area contributed by atoms with Crippen molar-refractivity contribution in [2.45, 2.75) is 58.3 Å². The van der Waals surface area contributed by atoms with Gasteiger partial charge in [-0.2, -0.15) is 0 Å². The Bertz CT molecular complexity index is 755. The summed E-state index contributed by atoms with van der Waals surface area (Å²) in [6.07, 6.45) is 7.22. The van der Waals surface area contributed by atoms with Crippen LogP contribution < -0.4 is 4.72 Å². The van der Waals surface area contributed by atoms with Gasteiger partial charge in [0.2, 0.25) is 10.0 Å². The maximum absolute atomic E-state index is 11.7. The lowest BCUT2D eigenvalue weighted by Crippen LogP contribution is -2.47. The van der Waals surface area contributed by atoms with E-state index in [0.29, 0.717) is 21.7 Å². The van der Waals surface area contributed by atoms with Gasteiger partial charge in [-0.05, 0) is 55.0 Å². The topological polar surface area (TPSA) is 49.4 Å². The summed E-state index contributed by atoms with van der Waals surface area (Å²) >= 11 is 12.8. The molecule has 4 nitrogen and oxygen atoms in total. The molecule has 7 heteroatoms. The van der Waals surface area contributed by atoms with Crippen LogP contribution in [-0.2, 0) is 15.4 Å². The Labute approximate surface area is 174 Å². The van der Waals surface area contributed by atoms with Gasteiger partial charge >= 0.3 is 0 Å². The van der Waals surface area contributed by atoms with E-state index < -0.39 is 10.0 Å². The number of nitrogens with one attached hydrogen (secondary N) is 1. The average Bonchev–Trinajstić information content (AvgIpc) is 2.56. The van der Waals surface area contributed by atoms with Gasteiger partial charge in [-0.25, -0.2) is 8.42 Å². The van der Waals surface area contributed by atoms with Crippen molar-refractivity contribution >= 4 is 38.9 Å². The van der Waals surface area contributed by atoms with Crippen molar-refractivity contribution in [2.24, 2.45) is 5.92 Å². The normalized spacial score (nSPS) is 24.1. The molecule has 1 fully saturated rings. The molecule has 0 bridgehead atoms. The molecule has 1 N–H and O–H groups in total. The molecule has 0 radical (unpaired) electrons. The summed E-state index contributed by atoms with van der Waals surface area (Å²) in [7, 11) is -3.40. The van der Waals surface area contributed by atoms with Crippen LogP contribution in [0.1, 0.15) is 58.4 Å². The zero-order chi connectivity index (χ0) is 20.2. The van der Waals surface area contributed by atoms with E-state index >= 15 is 0 Å². The third-order valence-corrected chi connectivity index (χ3v) is 7.08. The number of benzene rings is 1. The van der Waals surface area contributed by atoms with Gasteiger partial charge in [-0.1, -0.05) is 63.2 Å². The van der Waals surface area contributed by atoms with E-state index in [1.165, 1.54) is 25.7 Å². The molecule has 1 aromatic carbocycles. The minimum Gasteiger partial charge on any atom is -0.303 e. The second-order valence-electron chi connectivity index (χ2n) is 8.12. The van der Waals surface area contributed by atoms with Gasteiger partial charge < -0.3 is 4.90 Å². The van der Waals surface area contributed by atoms with Gasteiger partial charge in [-0.15, -0.1) is 0 Å². The quantitative estimate of drug-likeness (QED) is 0.545. The summed E-state index contributed by atoms with van der Waals surface area (Å²) in [5.74, 6) is 0.405. The zero-order valence-corrected chi connectivity index (χ0v) is 19.1. The number of hydrogen-bond acceptors (Lipinski definition) is 3. The highest BCUT2D eigenvalue weighted by Crippen LogP contribution is 2.45. The first-order chi connectivity index (χ1) is 12.6. The van der Waals surface area contributed by atoms with E-state index in [-0.39, 0.29) is 5.41 Å². The highest BCUT2D eigenvalue weighted by Gasteiger charge is 2.39. The van der Waals surface area contributed by atoms with Gasteiger partial charge in [-0.3, -0.25) is 4.72 Å². The van der Waals surface area contributed by atoms with E-state index in [9.17, 15) is 8.42 Å². The van der Waals surface area contributed by atoms with Crippen molar-refractivity contribution in [3.8, 4) is 0 Å². The summed E-state index contributed by atoms with van der Waals surface area (Å²) < 4.78 is 25.8. The van der Waals surface area contributed by atoms with Crippen LogP contribution in [0.3, 0.4) is 0 Å². The number of hydrogen-bond donors (Lipinski definition) is 1. The predicted molar refractivity (Wildman–Crippen MR) is 117 cm³/mol. The number of piperidine rings is 1. The molecule has 1 saturated heterocycles. The Kier molecular flexibility index (Phi) is 7.88. The smallest absolute Gasteiger partial charge is 0.229 e. The summed E-state index contributed by atoms with van der Waals surface area (Å²) in [5.41, 5.74) is 1.25. The van der Waals surface area contributed by atoms with Crippen LogP contribution in [0.2, 0.25) is 10.0 Å². The third kappa shape index (κ3) is 5.99. The summed E-state index contributed by atoms with van der Waals surface area (Å²) in [4.78, 5) is 2.54. The number of halogens is 2. The van der Waals surface area contributed by atoms with Crippen molar-refractivity contribution in [1.82, 2.24) is 4.90 Å². The summed E-state index contributed by atoms with van der Waals surface area (Å²) in [6.45, 7) is 9.92. The Morgan fingerprint density at radius 3 is 2.52 bits per heavy atom. The molecule has 2 unspecified atom stereocenters. The van der Waals surface area contributed by atoms with E-state index in [1.54, 1.807) is 6.07 Å². The molecule has 0 amide bonds. The van der Waals surface area contributed by atoms with Crippen molar-refractivity contribution in [1.29, 1.82) is 0 Å². The van der Waals surface area contributed by atoms with E-state index in [1.807, 2.05) is 6.07 Å². The van der Waals surface area contributed by atoms with Gasteiger partial charge in [0.1, 0.15) is 0 Å². The Hall–Kier alpha value is -0.490. The first-order valence-electron chi connectivity index (χ1n) is 9.76. The van der Waals surface area contributed by atoms with Crippen LogP contribution in [0, 0.1) is 5.92 Å². The summed E-state index contributed by atoms with van der Waals surface area (Å²) in [6, 6.07) is 3.47. The molecule has 154 valence electrons. The van der Waals surface area contributed by atoms with Crippen LogP contribution in [-0.4, -0.2) is 39.2 Å². The molecule has 2 atom stereocenters. The van der Waals surface area contributed by atoms with E-state index in [0.717, 1.165) is 37.9 Å². The number of likely N-dealkylation sites (tertiary alicyclic amines) is 1. The highest BCUT2D eigenvalue weighted by atomic mass is 35.5. The minimum atomic E-state index is -3.40. The van der Waals surface area contributed by atoms with Crippen LogP contribution in [0.5, 0.6) is 0 Å². The van der Waals surface area contributed by atoms with Crippen molar-refractivity contribution in [3.05, 3.63) is 27.7 Å². The molecular weight excluding hydrogens is 403 g/mol. The van der Waals surface area contributed by atoms with Crippen LogP contribution in [0.25, 0.3) is 0 Å². The van der Waals surface area contributed by atoms with E-state index in [4.69, 9.17) is 23.2 Å². The average molecular weight is 435 g/mol. The van der Waals surface area contributed by atoms with Gasteiger partial charge in [0.25, 0.3) is 0 Å². The van der Waals surface area contributed by atoms with Crippen LogP contribution >= 0.6 is 23.2 Å². The fourth-order valence-corrected chi connectivity index (χ4v) is 5.22. The highest BCUT2D eigenvalue weighted by molar-refractivity contribution is 7.92. The second kappa shape index (κ2) is 9.34. The molecule has 0 spiro atoms. The Morgan fingerprint density at radius 2 is 1.93 bits per heavy atom. The number of sulfonamides is 1. The molecule has 2 rings (SSSR count). The number of rotatable bonds is 8. The van der Waals surface area contributed by atoms with Gasteiger partial charge in [0.05, 0.1) is 17.0 Å². The molecule has 0 saturated carbocycles. The maximum Gasteiger partial charge on any atom is 0.229 e. The van der Waals surface area contributed by atoms with Crippen LogP contribution in [0.4, 0.5) is 5.69 Å². The van der Waals surface area contributed by atoms with Crippen molar-refractivity contribution < 1.29 is 8.42 Å². The number of anilines is 1. The number of unbranched alkanes of at least 4 members (excludes halogenated alkanes) is 3. The molecule has 1 aliphatic heterocycles. The number of nitrogens with zero attached hydrogens (tertiary/aromatic N) is 1.